The molecule has 0 fully saturated rings. The number of halogens is 1. The number of aliphatic hydroxyl groups is 1. The van der Waals surface area contributed by atoms with E-state index in [9.17, 15) is 15.0 Å². The molecule has 0 aliphatic carbocycles. The topological polar surface area (TPSA) is 70.0 Å². The molecule has 0 saturated carbocycles. The van der Waals surface area contributed by atoms with Gasteiger partial charge >= 0.3 is 0 Å². The van der Waals surface area contributed by atoms with Crippen LogP contribution in [0.15, 0.2) is 91.0 Å². The second-order valence-corrected chi connectivity index (χ2v) is 8.82. The van der Waals surface area contributed by atoms with E-state index in [1.807, 2.05) is 60.7 Å². The molecule has 6 heteroatoms. The number of carbonyl (C=O) groups is 1. The van der Waals surface area contributed by atoms with Crippen LogP contribution >= 0.6 is 0 Å². The van der Waals surface area contributed by atoms with Gasteiger partial charge in [0.1, 0.15) is 17.3 Å². The van der Waals surface area contributed by atoms with Gasteiger partial charge in [-0.25, -0.2) is 4.39 Å². The van der Waals surface area contributed by atoms with E-state index in [2.05, 4.69) is 0 Å². The second-order valence-electron chi connectivity index (χ2n) is 8.82. The van der Waals surface area contributed by atoms with Crippen LogP contribution < -0.4 is 9.64 Å². The fourth-order valence-electron chi connectivity index (χ4n) is 5.22. The van der Waals surface area contributed by atoms with E-state index >= 15 is 4.39 Å². The first-order valence-corrected chi connectivity index (χ1v) is 11.4. The number of aromatic hydroxyl groups is 1. The summed E-state index contributed by atoms with van der Waals surface area (Å²) in [6.07, 6.45) is 0.587. The minimum absolute atomic E-state index is 0.00569. The minimum Gasteiger partial charge on any atom is -0.507 e. The highest BCUT2D eigenvalue weighted by Crippen LogP contribution is 2.52. The van der Waals surface area contributed by atoms with Crippen molar-refractivity contribution >= 4 is 11.6 Å². The van der Waals surface area contributed by atoms with Crippen molar-refractivity contribution in [3.63, 3.8) is 0 Å². The normalized spacial score (nSPS) is 18.5. The van der Waals surface area contributed by atoms with Crippen LogP contribution in [0.4, 0.5) is 10.1 Å². The number of phenolic OH excluding ortho intramolecular Hbond substituents is 1. The van der Waals surface area contributed by atoms with Gasteiger partial charge in [0, 0.05) is 23.6 Å². The largest absolute Gasteiger partial charge is 0.507 e. The van der Waals surface area contributed by atoms with Crippen molar-refractivity contribution in [2.45, 2.75) is 18.1 Å². The Kier molecular flexibility index (Phi) is 4.86. The molecular weight excluding hydrogens is 445 g/mol. The lowest BCUT2D eigenvalue weighted by molar-refractivity contribution is -0.132. The summed E-state index contributed by atoms with van der Waals surface area (Å²) in [7, 11) is 0. The molecule has 174 valence electrons. The van der Waals surface area contributed by atoms with E-state index in [-0.39, 0.29) is 22.6 Å². The van der Waals surface area contributed by atoms with Gasteiger partial charge in [-0.15, -0.1) is 0 Å². The maximum Gasteiger partial charge on any atom is 0.269 e. The maximum atomic E-state index is 15.5. The van der Waals surface area contributed by atoms with Crippen LogP contribution in [-0.2, 0) is 16.8 Å². The van der Waals surface area contributed by atoms with Crippen molar-refractivity contribution in [3.8, 4) is 11.5 Å². The van der Waals surface area contributed by atoms with Crippen LogP contribution in [0, 0.1) is 5.82 Å². The number of carbonyl (C=O) groups excluding carboxylic acids is 1. The Morgan fingerprint density at radius 3 is 2.20 bits per heavy atom. The van der Waals surface area contributed by atoms with E-state index in [0.717, 1.165) is 16.7 Å². The van der Waals surface area contributed by atoms with Crippen LogP contribution in [0.5, 0.6) is 11.5 Å². The van der Waals surface area contributed by atoms with E-state index in [1.54, 1.807) is 6.07 Å². The Morgan fingerprint density at radius 1 is 0.886 bits per heavy atom. The molecule has 2 aliphatic rings. The number of rotatable bonds is 4. The zero-order valence-electron chi connectivity index (χ0n) is 18.7. The number of amides is 1. The monoisotopic (exact) mass is 467 g/mol. The SMILES string of the molecule is O=C1N(C(c2ccccc2)c2ccccc2)c2c(F)cccc2C1(O)c1cc2c(cc1O)OCC2. The van der Waals surface area contributed by atoms with E-state index in [1.165, 1.54) is 29.2 Å². The third-order valence-corrected chi connectivity index (χ3v) is 6.83. The number of hydrogen-bond acceptors (Lipinski definition) is 4. The summed E-state index contributed by atoms with van der Waals surface area (Å²) in [5, 5.41) is 22.9. The Bertz CT molecular complexity index is 1400. The lowest BCUT2D eigenvalue weighted by Crippen LogP contribution is -2.43. The third kappa shape index (κ3) is 3.14. The van der Waals surface area contributed by atoms with Gasteiger partial charge in [0.15, 0.2) is 0 Å². The number of benzene rings is 4. The number of ether oxygens (including phenoxy) is 1. The first-order valence-electron chi connectivity index (χ1n) is 11.4. The number of fused-ring (bicyclic) bond motifs is 2. The van der Waals surface area contributed by atoms with Gasteiger partial charge in [0.25, 0.3) is 5.91 Å². The predicted octanol–water partition coefficient (Wildman–Crippen LogP) is 4.84. The molecule has 1 amide bonds. The highest BCUT2D eigenvalue weighted by molar-refractivity contribution is 6.10. The summed E-state index contributed by atoms with van der Waals surface area (Å²) in [5.74, 6) is -1.13. The predicted molar refractivity (Wildman–Crippen MR) is 129 cm³/mol. The number of nitrogens with zero attached hydrogens (tertiary/aromatic N) is 1. The second kappa shape index (κ2) is 7.96. The number of anilines is 1. The molecule has 1 unspecified atom stereocenters. The van der Waals surface area contributed by atoms with E-state index < -0.39 is 23.4 Å². The third-order valence-electron chi connectivity index (χ3n) is 6.83. The van der Waals surface area contributed by atoms with Gasteiger partial charge in [0.2, 0.25) is 5.60 Å². The van der Waals surface area contributed by atoms with Crippen molar-refractivity contribution in [2.24, 2.45) is 0 Å². The molecule has 1 atom stereocenters. The molecule has 0 aromatic heterocycles. The van der Waals surface area contributed by atoms with Crippen molar-refractivity contribution < 1.29 is 24.1 Å². The Balaban J connectivity index is 1.61. The van der Waals surface area contributed by atoms with Crippen molar-refractivity contribution in [2.75, 3.05) is 11.5 Å². The molecule has 2 N–H and O–H groups in total. The summed E-state index contributed by atoms with van der Waals surface area (Å²) < 4.78 is 21.0. The summed E-state index contributed by atoms with van der Waals surface area (Å²) in [6, 6.07) is 25.2. The molecule has 0 bridgehead atoms. The Labute approximate surface area is 201 Å². The standard InChI is InChI=1S/C29H22FNO4/c30-23-13-7-12-21-27(23)31(26(18-8-3-1-4-9-18)19-10-5-2-6-11-19)28(33)29(21,34)22-16-20-14-15-35-25(20)17-24(22)32/h1-13,16-17,26,32,34H,14-15H2. The molecule has 5 nitrogen and oxygen atoms in total. The van der Waals surface area contributed by atoms with Crippen molar-refractivity contribution in [1.82, 2.24) is 0 Å². The van der Waals surface area contributed by atoms with Gasteiger partial charge in [-0.05, 0) is 28.8 Å². The van der Waals surface area contributed by atoms with Gasteiger partial charge < -0.3 is 14.9 Å². The average Bonchev–Trinajstić information content (AvgIpc) is 3.42. The molecule has 35 heavy (non-hydrogen) atoms. The first kappa shape index (κ1) is 21.4. The summed E-state index contributed by atoms with van der Waals surface area (Å²) in [5.41, 5.74) is 0.122. The van der Waals surface area contributed by atoms with Crippen LogP contribution in [0.25, 0.3) is 0 Å². The molecular formula is C29H22FNO4. The Hall–Kier alpha value is -4.16. The molecule has 0 saturated heterocycles. The summed E-state index contributed by atoms with van der Waals surface area (Å²) >= 11 is 0. The maximum absolute atomic E-state index is 15.5. The minimum atomic E-state index is -2.28. The van der Waals surface area contributed by atoms with Crippen LogP contribution in [0.3, 0.4) is 0 Å². The van der Waals surface area contributed by atoms with Gasteiger partial charge in [-0.2, -0.15) is 0 Å². The number of para-hydroxylation sites is 1. The molecule has 4 aromatic rings. The van der Waals surface area contributed by atoms with Gasteiger partial charge in [0.05, 0.1) is 18.3 Å². The van der Waals surface area contributed by atoms with E-state index in [0.29, 0.717) is 18.8 Å². The summed E-state index contributed by atoms with van der Waals surface area (Å²) in [6.45, 7) is 0.450. The van der Waals surface area contributed by atoms with Crippen LogP contribution in [0.1, 0.15) is 33.9 Å². The van der Waals surface area contributed by atoms with Crippen LogP contribution in [0.2, 0.25) is 0 Å². The molecule has 0 spiro atoms. The highest BCUT2D eigenvalue weighted by Gasteiger charge is 2.55. The number of hydrogen-bond donors (Lipinski definition) is 2. The van der Waals surface area contributed by atoms with Crippen LogP contribution in [-0.4, -0.2) is 22.7 Å². The molecule has 4 aromatic carbocycles. The zero-order chi connectivity index (χ0) is 24.2. The van der Waals surface area contributed by atoms with Gasteiger partial charge in [-0.1, -0.05) is 72.8 Å². The van der Waals surface area contributed by atoms with Crippen molar-refractivity contribution in [1.29, 1.82) is 0 Å². The fraction of sp³-hybridized carbons (Fsp3) is 0.138. The van der Waals surface area contributed by atoms with Gasteiger partial charge in [-0.3, -0.25) is 9.69 Å². The van der Waals surface area contributed by atoms with Crippen molar-refractivity contribution in [3.05, 3.63) is 125 Å². The molecule has 0 radical (unpaired) electrons. The molecule has 2 aliphatic heterocycles. The smallest absolute Gasteiger partial charge is 0.269 e. The molecule has 2 heterocycles. The lowest BCUT2D eigenvalue weighted by atomic mass is 9.85. The molecule has 6 rings (SSSR count). The summed E-state index contributed by atoms with van der Waals surface area (Å²) in [4.78, 5) is 15.6. The lowest BCUT2D eigenvalue weighted by Gasteiger charge is -2.31. The number of phenols is 1. The average molecular weight is 467 g/mol. The van der Waals surface area contributed by atoms with E-state index in [4.69, 9.17) is 4.74 Å². The highest BCUT2D eigenvalue weighted by atomic mass is 19.1. The quantitative estimate of drug-likeness (QED) is 0.451. The first-order chi connectivity index (χ1) is 17.0. The zero-order valence-corrected chi connectivity index (χ0v) is 18.7. The fourth-order valence-corrected chi connectivity index (χ4v) is 5.22. The Morgan fingerprint density at radius 2 is 1.54 bits per heavy atom.